The van der Waals surface area contributed by atoms with Crippen molar-refractivity contribution in [3.63, 3.8) is 0 Å². The molecule has 116 valence electrons. The van der Waals surface area contributed by atoms with Crippen molar-refractivity contribution in [2.24, 2.45) is 0 Å². The van der Waals surface area contributed by atoms with Crippen molar-refractivity contribution in [1.29, 1.82) is 0 Å². The zero-order valence-corrected chi connectivity index (χ0v) is 12.8. The van der Waals surface area contributed by atoms with Crippen molar-refractivity contribution >= 4 is 35.0 Å². The summed E-state index contributed by atoms with van der Waals surface area (Å²) >= 11 is 0. The van der Waals surface area contributed by atoms with Gasteiger partial charge in [0.15, 0.2) is 5.58 Å². The lowest BCUT2D eigenvalue weighted by Gasteiger charge is -2.03. The van der Waals surface area contributed by atoms with Gasteiger partial charge in [-0.3, -0.25) is 10.1 Å². The standard InChI is InChI=1S/C17H15N3O3/c1-19(2)17-18-16-13(9-8-12-6-4-3-5-7-12)14(20(21)22)10-11-15(16)23-17/h3-11H,1-2H3. The van der Waals surface area contributed by atoms with Crippen LogP contribution in [0.2, 0.25) is 0 Å². The minimum atomic E-state index is -0.409. The fourth-order valence-corrected chi connectivity index (χ4v) is 2.25. The van der Waals surface area contributed by atoms with Crippen LogP contribution in [0.3, 0.4) is 0 Å². The molecule has 0 aliphatic carbocycles. The topological polar surface area (TPSA) is 72.4 Å². The smallest absolute Gasteiger partial charge is 0.297 e. The molecule has 0 aliphatic rings. The molecule has 23 heavy (non-hydrogen) atoms. The van der Waals surface area contributed by atoms with Crippen molar-refractivity contribution in [3.05, 3.63) is 63.7 Å². The monoisotopic (exact) mass is 309 g/mol. The fourth-order valence-electron chi connectivity index (χ4n) is 2.25. The molecule has 0 spiro atoms. The summed E-state index contributed by atoms with van der Waals surface area (Å²) in [6.07, 6.45) is 3.53. The molecule has 1 heterocycles. The van der Waals surface area contributed by atoms with E-state index in [-0.39, 0.29) is 5.69 Å². The van der Waals surface area contributed by atoms with Gasteiger partial charge in [0.1, 0.15) is 5.52 Å². The van der Waals surface area contributed by atoms with Gasteiger partial charge >= 0.3 is 0 Å². The highest BCUT2D eigenvalue weighted by Gasteiger charge is 2.19. The molecule has 0 aliphatic heterocycles. The predicted octanol–water partition coefficient (Wildman–Crippen LogP) is 3.97. The van der Waals surface area contributed by atoms with E-state index in [1.807, 2.05) is 36.4 Å². The average Bonchev–Trinajstić information content (AvgIpc) is 2.98. The molecule has 3 aromatic rings. The van der Waals surface area contributed by atoms with E-state index in [1.165, 1.54) is 6.07 Å². The molecule has 1 aromatic heterocycles. The van der Waals surface area contributed by atoms with E-state index in [4.69, 9.17) is 4.42 Å². The minimum Gasteiger partial charge on any atom is -0.423 e. The number of nitrogens with zero attached hydrogens (tertiary/aromatic N) is 3. The first-order chi connectivity index (χ1) is 11.1. The summed E-state index contributed by atoms with van der Waals surface area (Å²) in [6.45, 7) is 0. The third kappa shape index (κ3) is 2.91. The summed E-state index contributed by atoms with van der Waals surface area (Å²) in [5.41, 5.74) is 2.40. The molecule has 0 fully saturated rings. The molecular formula is C17H15N3O3. The Morgan fingerprint density at radius 3 is 2.52 bits per heavy atom. The Balaban J connectivity index is 2.16. The maximum absolute atomic E-state index is 11.3. The van der Waals surface area contributed by atoms with Gasteiger partial charge in [-0.25, -0.2) is 0 Å². The number of oxazole rings is 1. The van der Waals surface area contributed by atoms with Crippen LogP contribution in [0.15, 0.2) is 46.9 Å². The lowest BCUT2D eigenvalue weighted by molar-refractivity contribution is -0.384. The van der Waals surface area contributed by atoms with Gasteiger partial charge in [-0.1, -0.05) is 36.4 Å². The third-order valence-electron chi connectivity index (χ3n) is 3.39. The van der Waals surface area contributed by atoms with Gasteiger partial charge in [0.25, 0.3) is 11.7 Å². The molecular weight excluding hydrogens is 294 g/mol. The maximum atomic E-state index is 11.3. The first kappa shape index (κ1) is 14.8. The molecule has 0 bridgehead atoms. The number of benzene rings is 2. The van der Waals surface area contributed by atoms with Crippen LogP contribution in [-0.4, -0.2) is 24.0 Å². The SMILES string of the molecule is CN(C)c1nc2c(C=Cc3ccccc3)c([N+](=O)[O-])ccc2o1. The van der Waals surface area contributed by atoms with Crippen molar-refractivity contribution in [3.8, 4) is 0 Å². The van der Waals surface area contributed by atoms with E-state index in [2.05, 4.69) is 4.98 Å². The summed E-state index contributed by atoms with van der Waals surface area (Å²) in [7, 11) is 3.61. The van der Waals surface area contributed by atoms with Crippen LogP contribution < -0.4 is 4.90 Å². The number of hydrogen-bond acceptors (Lipinski definition) is 5. The van der Waals surface area contributed by atoms with Crippen molar-refractivity contribution in [2.75, 3.05) is 19.0 Å². The molecule has 0 N–H and O–H groups in total. The molecule has 0 unspecified atom stereocenters. The second-order valence-electron chi connectivity index (χ2n) is 5.24. The largest absolute Gasteiger partial charge is 0.423 e. The van der Waals surface area contributed by atoms with Crippen molar-refractivity contribution in [1.82, 2.24) is 4.98 Å². The summed E-state index contributed by atoms with van der Waals surface area (Å²) in [4.78, 5) is 17.0. The number of nitro benzene ring substituents is 1. The van der Waals surface area contributed by atoms with Crippen LogP contribution in [0, 0.1) is 10.1 Å². The highest BCUT2D eigenvalue weighted by atomic mass is 16.6. The number of rotatable bonds is 4. The van der Waals surface area contributed by atoms with Crippen molar-refractivity contribution < 1.29 is 9.34 Å². The molecule has 2 aromatic carbocycles. The molecule has 6 nitrogen and oxygen atoms in total. The predicted molar refractivity (Wildman–Crippen MR) is 90.4 cm³/mol. The number of hydrogen-bond donors (Lipinski definition) is 0. The molecule has 3 rings (SSSR count). The molecule has 0 amide bonds. The number of anilines is 1. The van der Waals surface area contributed by atoms with Gasteiger partial charge in [0.05, 0.1) is 10.5 Å². The van der Waals surface area contributed by atoms with Crippen LogP contribution >= 0.6 is 0 Å². The summed E-state index contributed by atoms with van der Waals surface area (Å²) < 4.78 is 5.62. The van der Waals surface area contributed by atoms with Crippen LogP contribution in [0.4, 0.5) is 11.7 Å². The van der Waals surface area contributed by atoms with Crippen molar-refractivity contribution in [2.45, 2.75) is 0 Å². The summed E-state index contributed by atoms with van der Waals surface area (Å²) in [5, 5.41) is 11.3. The average molecular weight is 309 g/mol. The lowest BCUT2D eigenvalue weighted by atomic mass is 10.1. The van der Waals surface area contributed by atoms with Gasteiger partial charge < -0.3 is 9.32 Å². The van der Waals surface area contributed by atoms with E-state index in [1.54, 1.807) is 31.1 Å². The number of nitro groups is 1. The quantitative estimate of drug-likeness (QED) is 0.414. The number of fused-ring (bicyclic) bond motifs is 1. The first-order valence-corrected chi connectivity index (χ1v) is 7.04. The Bertz CT molecular complexity index is 883. The maximum Gasteiger partial charge on any atom is 0.297 e. The van der Waals surface area contributed by atoms with Gasteiger partial charge in [-0.15, -0.1) is 0 Å². The van der Waals surface area contributed by atoms with E-state index in [0.29, 0.717) is 22.7 Å². The zero-order chi connectivity index (χ0) is 16.4. The minimum absolute atomic E-state index is 0.00304. The van der Waals surface area contributed by atoms with Gasteiger partial charge in [-0.05, 0) is 17.7 Å². The van der Waals surface area contributed by atoms with E-state index in [9.17, 15) is 10.1 Å². The molecule has 6 heteroatoms. The van der Waals surface area contributed by atoms with Crippen LogP contribution in [0.5, 0.6) is 0 Å². The highest BCUT2D eigenvalue weighted by Crippen LogP contribution is 2.31. The second kappa shape index (κ2) is 5.92. The van der Waals surface area contributed by atoms with E-state index >= 15 is 0 Å². The second-order valence-corrected chi connectivity index (χ2v) is 5.24. The highest BCUT2D eigenvalue weighted by molar-refractivity contribution is 5.92. The normalized spacial score (nSPS) is 11.2. The Morgan fingerprint density at radius 1 is 1.13 bits per heavy atom. The number of aromatic nitrogens is 1. The third-order valence-corrected chi connectivity index (χ3v) is 3.39. The van der Waals surface area contributed by atoms with E-state index in [0.717, 1.165) is 5.56 Å². The van der Waals surface area contributed by atoms with Crippen LogP contribution in [0.1, 0.15) is 11.1 Å². The van der Waals surface area contributed by atoms with Gasteiger partial charge in [0, 0.05) is 20.2 Å². The van der Waals surface area contributed by atoms with E-state index < -0.39 is 4.92 Å². The van der Waals surface area contributed by atoms with Crippen LogP contribution in [0.25, 0.3) is 23.3 Å². The Labute approximate surface area is 132 Å². The Morgan fingerprint density at radius 2 is 1.87 bits per heavy atom. The summed E-state index contributed by atoms with van der Waals surface area (Å²) in [5.74, 6) is 0. The Hall–Kier alpha value is -3.15. The van der Waals surface area contributed by atoms with Crippen LogP contribution in [-0.2, 0) is 0 Å². The molecule has 0 atom stereocenters. The lowest BCUT2D eigenvalue weighted by Crippen LogP contribution is -2.08. The first-order valence-electron chi connectivity index (χ1n) is 7.04. The fraction of sp³-hybridized carbons (Fsp3) is 0.118. The van der Waals surface area contributed by atoms with Gasteiger partial charge in [-0.2, -0.15) is 4.98 Å². The molecule has 0 saturated heterocycles. The Kier molecular flexibility index (Phi) is 3.80. The van der Waals surface area contributed by atoms with Gasteiger partial charge in [0.2, 0.25) is 0 Å². The molecule has 0 saturated carbocycles. The summed E-state index contributed by atoms with van der Waals surface area (Å²) in [6, 6.07) is 13.0. The zero-order valence-electron chi connectivity index (χ0n) is 12.8. The molecule has 0 radical (unpaired) electrons.